The Morgan fingerprint density at radius 2 is 1.85 bits per heavy atom. The van der Waals surface area contributed by atoms with Crippen LogP contribution in [0.25, 0.3) is 0 Å². The number of halogens is 5. The number of aliphatic carboxylic acids is 1. The molecule has 5 rings (SSSR count). The fourth-order valence-corrected chi connectivity index (χ4v) is 6.15. The van der Waals surface area contributed by atoms with E-state index in [2.05, 4.69) is 16.7 Å². The number of phenolic OH excluding ortho intramolecular Hbond substituents is 1. The lowest BCUT2D eigenvalue weighted by Crippen LogP contribution is -2.59. The van der Waals surface area contributed by atoms with Gasteiger partial charge in [-0.05, 0) is 79.6 Å². The lowest BCUT2D eigenvalue weighted by atomic mass is 9.53. The summed E-state index contributed by atoms with van der Waals surface area (Å²) in [6, 6.07) is 10.0. The SMILES string of the molecule is O=C(O)C(F)(F)F.Oc1cc2c(cc1Nc1cc(Cl)ccc1Cl)C[C@@H]1NCC[C@]23CCCC[C@H]13. The van der Waals surface area contributed by atoms with Crippen molar-refractivity contribution in [1.29, 1.82) is 0 Å². The van der Waals surface area contributed by atoms with Gasteiger partial charge in [0.2, 0.25) is 0 Å². The quantitative estimate of drug-likeness (QED) is 0.346. The Balaban J connectivity index is 0.000000344. The van der Waals surface area contributed by atoms with Gasteiger partial charge in [-0.25, -0.2) is 4.79 Å². The number of benzene rings is 2. The van der Waals surface area contributed by atoms with Crippen molar-refractivity contribution in [3.8, 4) is 5.75 Å². The monoisotopic (exact) mass is 516 g/mol. The van der Waals surface area contributed by atoms with Crippen LogP contribution in [0.3, 0.4) is 0 Å². The molecule has 0 radical (unpaired) electrons. The highest BCUT2D eigenvalue weighted by molar-refractivity contribution is 6.35. The van der Waals surface area contributed by atoms with Crippen LogP contribution in [0.15, 0.2) is 30.3 Å². The molecule has 0 aromatic heterocycles. The average Bonchev–Trinajstić information content (AvgIpc) is 2.77. The molecule has 2 fully saturated rings. The Morgan fingerprint density at radius 1 is 1.12 bits per heavy atom. The molecule has 1 aliphatic heterocycles. The van der Waals surface area contributed by atoms with Crippen molar-refractivity contribution < 1.29 is 28.2 Å². The number of carbonyl (C=O) groups is 1. The molecule has 4 N–H and O–H groups in total. The smallest absolute Gasteiger partial charge is 0.490 e. The summed E-state index contributed by atoms with van der Waals surface area (Å²) in [4.78, 5) is 8.90. The number of rotatable bonds is 2. The van der Waals surface area contributed by atoms with Gasteiger partial charge in [0.1, 0.15) is 5.75 Å². The van der Waals surface area contributed by atoms with Crippen molar-refractivity contribution in [1.82, 2.24) is 5.32 Å². The first kappa shape index (κ1) is 24.9. The highest BCUT2D eigenvalue weighted by atomic mass is 35.5. The zero-order valence-corrected chi connectivity index (χ0v) is 19.7. The number of anilines is 2. The average molecular weight is 517 g/mol. The van der Waals surface area contributed by atoms with E-state index < -0.39 is 12.1 Å². The Bertz CT molecular complexity index is 1090. The van der Waals surface area contributed by atoms with E-state index in [4.69, 9.17) is 33.1 Å². The predicted molar refractivity (Wildman–Crippen MR) is 125 cm³/mol. The molecule has 1 saturated heterocycles. The third kappa shape index (κ3) is 4.81. The molecular formula is C24H25Cl2F3N2O3. The third-order valence-electron chi connectivity index (χ3n) is 7.20. The van der Waals surface area contributed by atoms with Gasteiger partial charge in [-0.15, -0.1) is 0 Å². The summed E-state index contributed by atoms with van der Waals surface area (Å²) >= 11 is 12.4. The second-order valence-electron chi connectivity index (χ2n) is 9.10. The van der Waals surface area contributed by atoms with E-state index in [1.165, 1.54) is 43.2 Å². The van der Waals surface area contributed by atoms with Crippen LogP contribution in [0.1, 0.15) is 43.2 Å². The van der Waals surface area contributed by atoms with Crippen LogP contribution in [-0.4, -0.2) is 34.9 Å². The minimum absolute atomic E-state index is 0.242. The van der Waals surface area contributed by atoms with Gasteiger partial charge in [-0.3, -0.25) is 0 Å². The molecule has 184 valence electrons. The molecule has 10 heteroatoms. The van der Waals surface area contributed by atoms with Crippen LogP contribution in [0, 0.1) is 5.92 Å². The summed E-state index contributed by atoms with van der Waals surface area (Å²) in [7, 11) is 0. The number of piperidine rings is 1. The third-order valence-corrected chi connectivity index (χ3v) is 7.76. The fraction of sp³-hybridized carbons (Fsp3) is 0.458. The van der Waals surface area contributed by atoms with E-state index in [0.717, 1.165) is 13.0 Å². The Morgan fingerprint density at radius 3 is 2.56 bits per heavy atom. The summed E-state index contributed by atoms with van der Waals surface area (Å²) in [6.45, 7) is 1.08. The normalized spacial score (nSPS) is 25.3. The van der Waals surface area contributed by atoms with Gasteiger partial charge < -0.3 is 20.8 Å². The summed E-state index contributed by atoms with van der Waals surface area (Å²) < 4.78 is 31.7. The fourth-order valence-electron chi connectivity index (χ4n) is 5.81. The number of phenols is 1. The minimum atomic E-state index is -5.08. The molecule has 3 atom stereocenters. The molecule has 1 saturated carbocycles. The van der Waals surface area contributed by atoms with E-state index in [1.807, 2.05) is 6.07 Å². The molecule has 0 spiro atoms. The van der Waals surface area contributed by atoms with Gasteiger partial charge in [0.15, 0.2) is 0 Å². The lowest BCUT2D eigenvalue weighted by Gasteiger charge is -2.56. The van der Waals surface area contributed by atoms with E-state index in [1.54, 1.807) is 18.2 Å². The van der Waals surface area contributed by atoms with Gasteiger partial charge in [-0.1, -0.05) is 36.0 Å². The molecule has 2 bridgehead atoms. The number of hydrogen-bond donors (Lipinski definition) is 4. The number of carboxylic acids is 1. The Labute approximate surface area is 205 Å². The maximum Gasteiger partial charge on any atom is 0.490 e. The number of nitrogens with one attached hydrogen (secondary N) is 2. The summed E-state index contributed by atoms with van der Waals surface area (Å²) in [6.07, 6.45) is 2.29. The first-order chi connectivity index (χ1) is 16.0. The van der Waals surface area contributed by atoms with Crippen molar-refractivity contribution in [3.05, 3.63) is 51.5 Å². The molecule has 2 aliphatic carbocycles. The summed E-state index contributed by atoms with van der Waals surface area (Å²) in [5, 5.41) is 26.2. The molecule has 34 heavy (non-hydrogen) atoms. The van der Waals surface area contributed by atoms with Crippen LogP contribution < -0.4 is 10.6 Å². The maximum absolute atomic E-state index is 10.8. The second-order valence-corrected chi connectivity index (χ2v) is 9.95. The van der Waals surface area contributed by atoms with Crippen molar-refractivity contribution in [2.45, 2.75) is 56.2 Å². The number of aromatic hydroxyl groups is 1. The van der Waals surface area contributed by atoms with E-state index in [-0.39, 0.29) is 5.41 Å². The van der Waals surface area contributed by atoms with Gasteiger partial charge in [-0.2, -0.15) is 13.2 Å². The molecule has 2 aromatic rings. The molecular weight excluding hydrogens is 492 g/mol. The second kappa shape index (κ2) is 9.47. The van der Waals surface area contributed by atoms with Gasteiger partial charge in [0, 0.05) is 16.5 Å². The first-order valence-electron chi connectivity index (χ1n) is 11.1. The molecule has 5 nitrogen and oxygen atoms in total. The van der Waals surface area contributed by atoms with Gasteiger partial charge in [0.05, 0.1) is 16.4 Å². The number of alkyl halides is 3. The molecule has 0 amide bonds. The molecule has 1 heterocycles. The topological polar surface area (TPSA) is 81.6 Å². The largest absolute Gasteiger partial charge is 0.506 e. The highest BCUT2D eigenvalue weighted by Gasteiger charge is 2.51. The number of hydrogen-bond acceptors (Lipinski definition) is 4. The van der Waals surface area contributed by atoms with Crippen molar-refractivity contribution in [3.63, 3.8) is 0 Å². The summed E-state index contributed by atoms with van der Waals surface area (Å²) in [5.74, 6) is -1.76. The van der Waals surface area contributed by atoms with Crippen molar-refractivity contribution >= 4 is 40.5 Å². The molecule has 3 aliphatic rings. The van der Waals surface area contributed by atoms with Gasteiger partial charge >= 0.3 is 12.1 Å². The van der Waals surface area contributed by atoms with Crippen LogP contribution in [0.2, 0.25) is 10.0 Å². The van der Waals surface area contributed by atoms with E-state index >= 15 is 0 Å². The number of fused-ring (bicyclic) bond motifs is 1. The van der Waals surface area contributed by atoms with E-state index in [9.17, 15) is 18.3 Å². The molecule has 0 unspecified atom stereocenters. The van der Waals surface area contributed by atoms with E-state index in [0.29, 0.717) is 39.1 Å². The van der Waals surface area contributed by atoms with Crippen LogP contribution in [-0.2, 0) is 16.6 Å². The zero-order valence-electron chi connectivity index (χ0n) is 18.2. The van der Waals surface area contributed by atoms with Crippen LogP contribution in [0.5, 0.6) is 5.75 Å². The Hall–Kier alpha value is -2.16. The maximum atomic E-state index is 10.8. The molecule has 2 aromatic carbocycles. The zero-order chi connectivity index (χ0) is 24.7. The standard InChI is InChI=1S/C22H24Cl2N2O.C2HF3O2/c23-14-4-5-17(24)19(11-14)26-20-10-13-9-18-15-3-1-2-6-22(15,7-8-25-18)16(13)12-21(20)27;3-2(4,5)1(6)7/h4-5,10-12,15,18,25-27H,1-3,6-9H2;(H,6,7)/t15-,18+,22+;/m1./s1. The van der Waals surface area contributed by atoms with Crippen molar-refractivity contribution in [2.75, 3.05) is 11.9 Å². The predicted octanol–water partition coefficient (Wildman–Crippen LogP) is 6.42. The van der Waals surface area contributed by atoms with Crippen LogP contribution >= 0.6 is 23.2 Å². The summed E-state index contributed by atoms with van der Waals surface area (Å²) in [5.41, 5.74) is 4.38. The Kier molecular flexibility index (Phi) is 6.95. The number of carboxylic acid groups (broad SMARTS) is 1. The highest BCUT2D eigenvalue weighted by Crippen LogP contribution is 2.55. The minimum Gasteiger partial charge on any atom is -0.506 e. The van der Waals surface area contributed by atoms with Crippen molar-refractivity contribution in [2.24, 2.45) is 5.92 Å². The lowest BCUT2D eigenvalue weighted by molar-refractivity contribution is -0.192. The first-order valence-corrected chi connectivity index (χ1v) is 11.9. The van der Waals surface area contributed by atoms with Crippen LogP contribution in [0.4, 0.5) is 24.5 Å². The van der Waals surface area contributed by atoms with Gasteiger partial charge in [0.25, 0.3) is 0 Å².